The molecular weight excluding hydrogens is 380 g/mol. The Kier molecular flexibility index (Phi) is 6.85. The van der Waals surface area contributed by atoms with Crippen LogP contribution < -0.4 is 16.0 Å². The first-order valence-corrected chi connectivity index (χ1v) is 9.88. The minimum Gasteiger partial charge on any atom is -0.444 e. The molecule has 7 nitrogen and oxygen atoms in total. The van der Waals surface area contributed by atoms with Crippen LogP contribution in [0.25, 0.3) is 11.5 Å². The topological polar surface area (TPSA) is 96.3 Å². The molecule has 3 rings (SSSR count). The van der Waals surface area contributed by atoms with Gasteiger partial charge in [-0.15, -0.1) is 0 Å². The fraction of sp³-hybridized carbons (Fsp3) is 0.261. The Hall–Kier alpha value is -3.61. The van der Waals surface area contributed by atoms with Gasteiger partial charge in [-0.05, 0) is 43.3 Å². The molecule has 0 aliphatic rings. The lowest BCUT2D eigenvalue weighted by Crippen LogP contribution is -2.30. The van der Waals surface area contributed by atoms with Crippen LogP contribution in [0.15, 0.2) is 59.2 Å². The summed E-state index contributed by atoms with van der Waals surface area (Å²) in [6, 6.07) is 14.6. The van der Waals surface area contributed by atoms with E-state index in [4.69, 9.17) is 4.42 Å². The normalized spacial score (nSPS) is 10.7. The van der Waals surface area contributed by atoms with E-state index < -0.39 is 0 Å². The van der Waals surface area contributed by atoms with Crippen LogP contribution in [0.2, 0.25) is 0 Å². The van der Waals surface area contributed by atoms with Gasteiger partial charge < -0.3 is 20.4 Å². The summed E-state index contributed by atoms with van der Waals surface area (Å²) in [5, 5.41) is 8.37. The standard InChI is InChI=1S/C23H26N4O3/c1-15(2)21(28)25-18-8-10-19(11-9-18)27-23(29)24-13-12-20-14-30-22(26-20)17-6-4-16(3)5-7-17/h4-11,14-15H,12-13H2,1-3H3,(H,25,28)(H2,24,27,29). The van der Waals surface area contributed by atoms with Gasteiger partial charge in [0.05, 0.1) is 5.69 Å². The number of rotatable bonds is 7. The van der Waals surface area contributed by atoms with Gasteiger partial charge in [0.25, 0.3) is 0 Å². The third-order valence-corrected chi connectivity index (χ3v) is 4.45. The number of nitrogens with one attached hydrogen (secondary N) is 3. The second-order valence-corrected chi connectivity index (χ2v) is 7.36. The van der Waals surface area contributed by atoms with Crippen LogP contribution in [0.4, 0.5) is 16.2 Å². The Morgan fingerprint density at radius 2 is 1.60 bits per heavy atom. The zero-order valence-corrected chi connectivity index (χ0v) is 17.4. The highest BCUT2D eigenvalue weighted by atomic mass is 16.3. The highest BCUT2D eigenvalue weighted by molar-refractivity contribution is 5.93. The van der Waals surface area contributed by atoms with E-state index in [0.717, 1.165) is 11.3 Å². The molecule has 7 heteroatoms. The summed E-state index contributed by atoms with van der Waals surface area (Å²) in [6.07, 6.45) is 2.17. The molecule has 0 unspecified atom stereocenters. The second kappa shape index (κ2) is 9.73. The summed E-state index contributed by atoms with van der Waals surface area (Å²) in [7, 11) is 0. The van der Waals surface area contributed by atoms with Crippen molar-refractivity contribution in [2.75, 3.05) is 17.2 Å². The molecule has 3 amide bonds. The minimum absolute atomic E-state index is 0.0492. The maximum absolute atomic E-state index is 12.1. The molecule has 1 aromatic heterocycles. The van der Waals surface area contributed by atoms with E-state index in [1.54, 1.807) is 30.5 Å². The van der Waals surface area contributed by atoms with Crippen LogP contribution >= 0.6 is 0 Å². The molecule has 1 heterocycles. The number of hydrogen-bond donors (Lipinski definition) is 3. The smallest absolute Gasteiger partial charge is 0.319 e. The SMILES string of the molecule is Cc1ccc(-c2nc(CCNC(=O)Nc3ccc(NC(=O)C(C)C)cc3)co2)cc1. The van der Waals surface area contributed by atoms with Gasteiger partial charge in [-0.2, -0.15) is 0 Å². The van der Waals surface area contributed by atoms with Gasteiger partial charge in [-0.1, -0.05) is 31.5 Å². The maximum atomic E-state index is 12.1. The van der Waals surface area contributed by atoms with E-state index in [9.17, 15) is 9.59 Å². The number of benzene rings is 2. The number of nitrogens with zero attached hydrogens (tertiary/aromatic N) is 1. The lowest BCUT2D eigenvalue weighted by molar-refractivity contribution is -0.118. The number of hydrogen-bond acceptors (Lipinski definition) is 4. The quantitative estimate of drug-likeness (QED) is 0.534. The summed E-state index contributed by atoms with van der Waals surface area (Å²) in [5.41, 5.74) is 4.20. The minimum atomic E-state index is -0.309. The highest BCUT2D eigenvalue weighted by Gasteiger charge is 2.09. The second-order valence-electron chi connectivity index (χ2n) is 7.36. The van der Waals surface area contributed by atoms with Crippen LogP contribution in [0.1, 0.15) is 25.1 Å². The molecule has 0 fully saturated rings. The van der Waals surface area contributed by atoms with Gasteiger partial charge >= 0.3 is 6.03 Å². The number of urea groups is 1. The van der Waals surface area contributed by atoms with E-state index >= 15 is 0 Å². The van der Waals surface area contributed by atoms with Crippen molar-refractivity contribution in [1.29, 1.82) is 0 Å². The lowest BCUT2D eigenvalue weighted by atomic mass is 10.1. The summed E-state index contributed by atoms with van der Waals surface area (Å²) in [4.78, 5) is 28.2. The number of aryl methyl sites for hydroxylation is 1. The van der Waals surface area contributed by atoms with Crippen LogP contribution in [-0.4, -0.2) is 23.5 Å². The van der Waals surface area contributed by atoms with Crippen LogP contribution in [0, 0.1) is 12.8 Å². The van der Waals surface area contributed by atoms with E-state index in [1.165, 1.54) is 5.56 Å². The summed E-state index contributed by atoms with van der Waals surface area (Å²) >= 11 is 0. The van der Waals surface area contributed by atoms with Crippen molar-refractivity contribution in [3.05, 3.63) is 66.1 Å². The van der Waals surface area contributed by atoms with Gasteiger partial charge in [0.1, 0.15) is 6.26 Å². The number of oxazole rings is 1. The molecule has 156 valence electrons. The van der Waals surface area contributed by atoms with Gasteiger partial charge in [0.15, 0.2) is 0 Å². The molecule has 30 heavy (non-hydrogen) atoms. The molecule has 0 atom stereocenters. The first-order valence-electron chi connectivity index (χ1n) is 9.88. The molecule has 0 radical (unpaired) electrons. The van der Waals surface area contributed by atoms with Crippen molar-refractivity contribution in [3.63, 3.8) is 0 Å². The Balaban J connectivity index is 1.44. The van der Waals surface area contributed by atoms with E-state index in [0.29, 0.717) is 30.2 Å². The molecule has 3 N–H and O–H groups in total. The van der Waals surface area contributed by atoms with Crippen molar-refractivity contribution >= 4 is 23.3 Å². The Bertz CT molecular complexity index is 992. The number of anilines is 2. The predicted octanol–water partition coefficient (Wildman–Crippen LogP) is 4.61. The zero-order valence-electron chi connectivity index (χ0n) is 17.4. The summed E-state index contributed by atoms with van der Waals surface area (Å²) in [6.45, 7) is 6.12. The molecule has 0 aliphatic carbocycles. The van der Waals surface area contributed by atoms with Crippen molar-refractivity contribution in [1.82, 2.24) is 10.3 Å². The van der Waals surface area contributed by atoms with Crippen molar-refractivity contribution in [3.8, 4) is 11.5 Å². The third kappa shape index (κ3) is 5.94. The highest BCUT2D eigenvalue weighted by Crippen LogP contribution is 2.19. The molecule has 0 spiro atoms. The Morgan fingerprint density at radius 1 is 0.967 bits per heavy atom. The molecular formula is C23H26N4O3. The number of aromatic nitrogens is 1. The number of carbonyl (C=O) groups excluding carboxylic acids is 2. The number of carbonyl (C=O) groups is 2. The van der Waals surface area contributed by atoms with Gasteiger partial charge in [-0.25, -0.2) is 9.78 Å². The van der Waals surface area contributed by atoms with E-state index in [-0.39, 0.29) is 17.9 Å². The molecule has 3 aromatic rings. The van der Waals surface area contributed by atoms with E-state index in [1.807, 2.05) is 45.0 Å². The van der Waals surface area contributed by atoms with E-state index in [2.05, 4.69) is 20.9 Å². The largest absolute Gasteiger partial charge is 0.444 e. The predicted molar refractivity (Wildman–Crippen MR) is 117 cm³/mol. The third-order valence-electron chi connectivity index (χ3n) is 4.45. The fourth-order valence-electron chi connectivity index (χ4n) is 2.65. The van der Waals surface area contributed by atoms with Crippen molar-refractivity contribution < 1.29 is 14.0 Å². The van der Waals surface area contributed by atoms with Crippen molar-refractivity contribution in [2.45, 2.75) is 27.2 Å². The summed E-state index contributed by atoms with van der Waals surface area (Å²) in [5.74, 6) is 0.428. The van der Waals surface area contributed by atoms with Gasteiger partial charge in [0, 0.05) is 35.8 Å². The monoisotopic (exact) mass is 406 g/mol. The van der Waals surface area contributed by atoms with Gasteiger partial charge in [-0.3, -0.25) is 4.79 Å². The number of amides is 3. The average Bonchev–Trinajstić information content (AvgIpc) is 3.19. The lowest BCUT2D eigenvalue weighted by Gasteiger charge is -2.10. The first kappa shape index (κ1) is 21.1. The molecule has 0 aliphatic heterocycles. The van der Waals surface area contributed by atoms with Crippen LogP contribution in [0.3, 0.4) is 0 Å². The van der Waals surface area contributed by atoms with Gasteiger partial charge in [0.2, 0.25) is 11.8 Å². The first-order chi connectivity index (χ1) is 14.4. The van der Waals surface area contributed by atoms with Crippen molar-refractivity contribution in [2.24, 2.45) is 5.92 Å². The van der Waals surface area contributed by atoms with Crippen LogP contribution in [-0.2, 0) is 11.2 Å². The molecule has 2 aromatic carbocycles. The molecule has 0 saturated carbocycles. The average molecular weight is 406 g/mol. The maximum Gasteiger partial charge on any atom is 0.319 e. The molecule has 0 saturated heterocycles. The fourth-order valence-corrected chi connectivity index (χ4v) is 2.65. The van der Waals surface area contributed by atoms with Crippen LogP contribution in [0.5, 0.6) is 0 Å². The molecule has 0 bridgehead atoms. The Labute approximate surface area is 175 Å². The summed E-state index contributed by atoms with van der Waals surface area (Å²) < 4.78 is 5.53. The zero-order chi connectivity index (χ0) is 21.5. The Morgan fingerprint density at radius 3 is 2.23 bits per heavy atom.